The molecule has 0 aliphatic rings. The molecule has 0 amide bonds. The van der Waals surface area contributed by atoms with E-state index in [-0.39, 0.29) is 33.4 Å². The fourth-order valence-corrected chi connectivity index (χ4v) is 3.11. The van der Waals surface area contributed by atoms with Gasteiger partial charge in [-0.2, -0.15) is 0 Å². The Bertz CT molecular complexity index is 1250. The van der Waals surface area contributed by atoms with Gasteiger partial charge in [-0.3, -0.25) is 0 Å². The maximum Gasteiger partial charge on any atom is 0.417 e. The first kappa shape index (κ1) is 46.2. The summed E-state index contributed by atoms with van der Waals surface area (Å²) in [6.07, 6.45) is 0. The molecule has 0 rings (SSSR count). The van der Waals surface area contributed by atoms with Gasteiger partial charge >= 0.3 is 47.8 Å². The van der Waals surface area contributed by atoms with Gasteiger partial charge in [-0.25, -0.2) is 38.4 Å². The quantitative estimate of drug-likeness (QED) is 0.0677. The van der Waals surface area contributed by atoms with Crippen molar-refractivity contribution in [2.75, 3.05) is 52.9 Å². The minimum absolute atomic E-state index is 0.0207. The molecule has 16 heteroatoms. The minimum Gasteiger partial charge on any atom is -0.461 e. The molecular formula is C36H46O16. The molecule has 0 aromatic rings. The molecule has 0 aliphatic heterocycles. The Morgan fingerprint density at radius 2 is 0.404 bits per heavy atom. The van der Waals surface area contributed by atoms with E-state index in [0.29, 0.717) is 0 Å². The van der Waals surface area contributed by atoms with Crippen LogP contribution in [0.3, 0.4) is 0 Å². The van der Waals surface area contributed by atoms with Crippen molar-refractivity contribution >= 4 is 47.8 Å². The average Bonchev–Trinajstić information content (AvgIpc) is 3.08. The highest BCUT2D eigenvalue weighted by atomic mass is 16.6. The number of hydrogen-bond acceptors (Lipinski definition) is 16. The van der Waals surface area contributed by atoms with E-state index in [9.17, 15) is 38.4 Å². The van der Waals surface area contributed by atoms with Gasteiger partial charge in [0.1, 0.15) is 63.7 Å². The molecule has 286 valence electrons. The third kappa shape index (κ3) is 16.7. The second-order valence-corrected chi connectivity index (χ2v) is 12.3. The zero-order valence-corrected chi connectivity index (χ0v) is 30.4. The first-order valence-corrected chi connectivity index (χ1v) is 15.3. The van der Waals surface area contributed by atoms with Gasteiger partial charge in [0, 0.05) is 33.4 Å². The Morgan fingerprint density at radius 1 is 0.288 bits per heavy atom. The van der Waals surface area contributed by atoms with E-state index in [4.69, 9.17) is 37.9 Å². The summed E-state index contributed by atoms with van der Waals surface area (Å²) in [6, 6.07) is 0. The topological polar surface area (TPSA) is 210 Å². The molecule has 16 nitrogen and oxygen atoms in total. The zero-order chi connectivity index (χ0) is 40.4. The van der Waals surface area contributed by atoms with Crippen molar-refractivity contribution in [3.63, 3.8) is 0 Å². The van der Waals surface area contributed by atoms with Crippen molar-refractivity contribution in [3.8, 4) is 0 Å². The molecule has 0 heterocycles. The Hall–Kier alpha value is -5.80. The SMILES string of the molecule is C=C(C)C(=O)OCC(COC(=O)C(=C)C)(COC(=O)C(=C)C)COC(=O)C(=O)OCC(COC(=O)C(=C)C)(COC(=O)C(=C)C)COC(=O)C(=C)C. The summed E-state index contributed by atoms with van der Waals surface area (Å²) in [7, 11) is 0. The fourth-order valence-electron chi connectivity index (χ4n) is 3.11. The molecule has 0 fully saturated rings. The number of rotatable bonds is 22. The van der Waals surface area contributed by atoms with Gasteiger partial charge in [0.05, 0.1) is 0 Å². The second kappa shape index (κ2) is 21.4. The lowest BCUT2D eigenvalue weighted by Crippen LogP contribution is -2.46. The molecule has 0 aliphatic carbocycles. The highest BCUT2D eigenvalue weighted by Gasteiger charge is 2.41. The molecule has 0 bridgehead atoms. The third-order valence-corrected chi connectivity index (χ3v) is 6.33. The van der Waals surface area contributed by atoms with Crippen LogP contribution in [-0.2, 0) is 76.3 Å². The van der Waals surface area contributed by atoms with Gasteiger partial charge in [-0.1, -0.05) is 39.5 Å². The molecular weight excluding hydrogens is 688 g/mol. The van der Waals surface area contributed by atoms with E-state index >= 15 is 0 Å². The van der Waals surface area contributed by atoms with Crippen molar-refractivity contribution in [1.29, 1.82) is 0 Å². The van der Waals surface area contributed by atoms with Crippen LogP contribution in [0.2, 0.25) is 0 Å². The number of esters is 8. The number of ether oxygens (including phenoxy) is 8. The van der Waals surface area contributed by atoms with Crippen LogP contribution in [0.4, 0.5) is 0 Å². The highest BCUT2D eigenvalue weighted by Crippen LogP contribution is 2.25. The molecule has 0 atom stereocenters. The summed E-state index contributed by atoms with van der Waals surface area (Å²) < 4.78 is 41.6. The molecule has 0 N–H and O–H groups in total. The summed E-state index contributed by atoms with van der Waals surface area (Å²) in [4.78, 5) is 99.4. The van der Waals surface area contributed by atoms with Gasteiger partial charge in [0.15, 0.2) is 0 Å². The van der Waals surface area contributed by atoms with E-state index in [0.717, 1.165) is 0 Å². The molecule has 0 spiro atoms. The largest absolute Gasteiger partial charge is 0.461 e. The van der Waals surface area contributed by atoms with E-state index in [1.54, 1.807) is 0 Å². The van der Waals surface area contributed by atoms with Crippen LogP contribution in [0.15, 0.2) is 72.9 Å². The van der Waals surface area contributed by atoms with Gasteiger partial charge in [-0.05, 0) is 41.5 Å². The number of carbonyl (C=O) groups excluding carboxylic acids is 8. The van der Waals surface area contributed by atoms with Gasteiger partial charge < -0.3 is 37.9 Å². The lowest BCUT2D eigenvalue weighted by atomic mass is 9.91. The van der Waals surface area contributed by atoms with E-state index < -0.39 is 111 Å². The first-order chi connectivity index (χ1) is 24.0. The summed E-state index contributed by atoms with van der Waals surface area (Å²) in [5, 5.41) is 0. The van der Waals surface area contributed by atoms with Crippen LogP contribution in [0.1, 0.15) is 41.5 Å². The Morgan fingerprint density at radius 3 is 0.519 bits per heavy atom. The van der Waals surface area contributed by atoms with Crippen LogP contribution in [-0.4, -0.2) is 101 Å². The standard InChI is InChI=1S/C36H46O16/c1-21(2)27(37)45-13-35(14-46-28(38)22(3)4,15-47-29(39)23(5)6)19-51-33(43)34(44)52-20-36(16-48-30(40)24(7)8,17-49-31(41)25(9)10)18-50-32(42)26(11)12/h1,3,5,7,9,11,13-20H2,2,4,6,8,10,12H3. The maximum absolute atomic E-state index is 13.0. The van der Waals surface area contributed by atoms with Gasteiger partial charge in [-0.15, -0.1) is 0 Å². The molecule has 0 radical (unpaired) electrons. The number of carbonyl (C=O) groups is 8. The first-order valence-electron chi connectivity index (χ1n) is 15.3. The van der Waals surface area contributed by atoms with Crippen molar-refractivity contribution in [3.05, 3.63) is 72.9 Å². The molecule has 0 unspecified atom stereocenters. The van der Waals surface area contributed by atoms with Crippen LogP contribution in [0.5, 0.6) is 0 Å². The van der Waals surface area contributed by atoms with Gasteiger partial charge in [0.25, 0.3) is 0 Å². The number of hydrogen-bond donors (Lipinski definition) is 0. The van der Waals surface area contributed by atoms with Crippen molar-refractivity contribution < 1.29 is 76.3 Å². The summed E-state index contributed by atoms with van der Waals surface area (Å²) >= 11 is 0. The molecule has 0 saturated heterocycles. The van der Waals surface area contributed by atoms with Gasteiger partial charge in [0.2, 0.25) is 0 Å². The van der Waals surface area contributed by atoms with E-state index in [2.05, 4.69) is 39.5 Å². The van der Waals surface area contributed by atoms with Crippen LogP contribution in [0.25, 0.3) is 0 Å². The summed E-state index contributed by atoms with van der Waals surface area (Å²) in [5.74, 6) is -8.64. The van der Waals surface area contributed by atoms with Crippen molar-refractivity contribution in [2.24, 2.45) is 10.8 Å². The Kier molecular flexibility index (Phi) is 19.0. The van der Waals surface area contributed by atoms with E-state index in [1.807, 2.05) is 0 Å². The molecule has 0 aromatic heterocycles. The lowest BCUT2D eigenvalue weighted by molar-refractivity contribution is -0.182. The summed E-state index contributed by atoms with van der Waals surface area (Å²) in [6.45, 7) is 23.2. The smallest absolute Gasteiger partial charge is 0.417 e. The monoisotopic (exact) mass is 734 g/mol. The second-order valence-electron chi connectivity index (χ2n) is 12.3. The van der Waals surface area contributed by atoms with Crippen molar-refractivity contribution in [2.45, 2.75) is 41.5 Å². The lowest BCUT2D eigenvalue weighted by Gasteiger charge is -2.32. The van der Waals surface area contributed by atoms with Crippen molar-refractivity contribution in [1.82, 2.24) is 0 Å². The highest BCUT2D eigenvalue weighted by molar-refractivity contribution is 6.29. The predicted octanol–water partition coefficient (Wildman–Crippen LogP) is 2.76. The van der Waals surface area contributed by atoms with Crippen LogP contribution < -0.4 is 0 Å². The fraction of sp³-hybridized carbons (Fsp3) is 0.444. The molecule has 52 heavy (non-hydrogen) atoms. The third-order valence-electron chi connectivity index (χ3n) is 6.33. The predicted molar refractivity (Wildman–Crippen MR) is 181 cm³/mol. The Balaban J connectivity index is 6.46. The van der Waals surface area contributed by atoms with Crippen LogP contribution in [0, 0.1) is 10.8 Å². The summed E-state index contributed by atoms with van der Waals surface area (Å²) in [5.41, 5.74) is -3.70. The normalized spacial score (nSPS) is 10.7. The Labute approximate surface area is 302 Å². The average molecular weight is 735 g/mol. The van der Waals surface area contributed by atoms with E-state index in [1.165, 1.54) is 41.5 Å². The van der Waals surface area contributed by atoms with Crippen LogP contribution >= 0.6 is 0 Å². The minimum atomic E-state index is -1.79. The molecule has 0 aromatic carbocycles. The zero-order valence-electron chi connectivity index (χ0n) is 30.4. The maximum atomic E-state index is 13.0. The molecule has 0 saturated carbocycles.